The molecule has 3 rings (SSSR count). The molecule has 1 amide bonds. The largest absolute Gasteiger partial charge is 0.384 e. The van der Waals surface area contributed by atoms with E-state index in [-0.39, 0.29) is 5.91 Å². The minimum absolute atomic E-state index is 0.124. The van der Waals surface area contributed by atoms with Gasteiger partial charge in [-0.05, 0) is 11.6 Å². The monoisotopic (exact) mass is 311 g/mol. The van der Waals surface area contributed by atoms with Crippen LogP contribution in [0.5, 0.6) is 0 Å². The first kappa shape index (κ1) is 15.5. The standard InChI is InChI=1S/C18H21N3O2/c1-14(22)20-9-11-21(12-10-20)17-8-7-16(13-19-17)18(23)15-5-3-2-4-6-15/h2-8,13,18,23H,9-12H2,1H3. The number of benzene rings is 1. The molecule has 0 bridgehead atoms. The summed E-state index contributed by atoms with van der Waals surface area (Å²) in [6.45, 7) is 4.63. The second-order valence-corrected chi connectivity index (χ2v) is 5.76. The van der Waals surface area contributed by atoms with Crippen molar-refractivity contribution in [3.8, 4) is 0 Å². The summed E-state index contributed by atoms with van der Waals surface area (Å²) in [5.41, 5.74) is 1.64. The third kappa shape index (κ3) is 3.51. The van der Waals surface area contributed by atoms with Crippen molar-refractivity contribution in [3.05, 3.63) is 59.8 Å². The van der Waals surface area contributed by atoms with Crippen LogP contribution in [0, 0.1) is 0 Å². The fourth-order valence-electron chi connectivity index (χ4n) is 2.82. The third-order valence-corrected chi connectivity index (χ3v) is 4.25. The molecular formula is C18H21N3O2. The molecule has 0 saturated carbocycles. The van der Waals surface area contributed by atoms with Crippen LogP contribution in [-0.4, -0.2) is 47.1 Å². The van der Waals surface area contributed by atoms with Gasteiger partial charge in [0.1, 0.15) is 11.9 Å². The number of carbonyl (C=O) groups is 1. The highest BCUT2D eigenvalue weighted by molar-refractivity contribution is 5.73. The number of pyridine rings is 1. The van der Waals surface area contributed by atoms with Crippen LogP contribution in [0.15, 0.2) is 48.7 Å². The van der Waals surface area contributed by atoms with Crippen molar-refractivity contribution in [3.63, 3.8) is 0 Å². The average molecular weight is 311 g/mol. The van der Waals surface area contributed by atoms with Gasteiger partial charge in [0, 0.05) is 44.9 Å². The molecule has 120 valence electrons. The number of nitrogens with zero attached hydrogens (tertiary/aromatic N) is 3. The Kier molecular flexibility index (Phi) is 4.57. The van der Waals surface area contributed by atoms with Gasteiger partial charge in [-0.2, -0.15) is 0 Å². The molecule has 2 heterocycles. The molecule has 0 radical (unpaired) electrons. The van der Waals surface area contributed by atoms with Gasteiger partial charge in [-0.3, -0.25) is 4.79 Å². The summed E-state index contributed by atoms with van der Waals surface area (Å²) < 4.78 is 0. The maximum absolute atomic E-state index is 11.4. The fraction of sp³-hybridized carbons (Fsp3) is 0.333. The normalized spacial score (nSPS) is 16.3. The Balaban J connectivity index is 1.67. The second kappa shape index (κ2) is 6.79. The maximum atomic E-state index is 11.4. The van der Waals surface area contributed by atoms with Crippen molar-refractivity contribution < 1.29 is 9.90 Å². The minimum Gasteiger partial charge on any atom is -0.384 e. The Morgan fingerprint density at radius 2 is 1.74 bits per heavy atom. The number of hydrogen-bond acceptors (Lipinski definition) is 4. The zero-order valence-corrected chi connectivity index (χ0v) is 13.2. The summed E-state index contributed by atoms with van der Waals surface area (Å²) in [5.74, 6) is 1.01. The van der Waals surface area contributed by atoms with E-state index < -0.39 is 6.10 Å². The van der Waals surface area contributed by atoms with Crippen molar-refractivity contribution in [1.29, 1.82) is 0 Å². The van der Waals surface area contributed by atoms with Gasteiger partial charge >= 0.3 is 0 Å². The molecule has 1 N–H and O–H groups in total. The molecule has 1 fully saturated rings. The van der Waals surface area contributed by atoms with Crippen LogP contribution >= 0.6 is 0 Å². The van der Waals surface area contributed by atoms with E-state index in [2.05, 4.69) is 9.88 Å². The molecule has 23 heavy (non-hydrogen) atoms. The Bertz CT molecular complexity index is 650. The average Bonchev–Trinajstić information content (AvgIpc) is 2.62. The lowest BCUT2D eigenvalue weighted by Gasteiger charge is -2.35. The van der Waals surface area contributed by atoms with E-state index >= 15 is 0 Å². The molecule has 1 aromatic heterocycles. The summed E-state index contributed by atoms with van der Waals surface area (Å²) in [6.07, 6.45) is 1.07. The molecule has 5 heteroatoms. The van der Waals surface area contributed by atoms with Crippen LogP contribution in [0.3, 0.4) is 0 Å². The van der Waals surface area contributed by atoms with Crippen LogP contribution in [0.1, 0.15) is 24.2 Å². The van der Waals surface area contributed by atoms with Crippen molar-refractivity contribution in [2.24, 2.45) is 0 Å². The van der Waals surface area contributed by atoms with E-state index in [0.717, 1.165) is 43.1 Å². The number of amides is 1. The summed E-state index contributed by atoms with van der Waals surface area (Å²) in [4.78, 5) is 19.9. The molecule has 1 aliphatic heterocycles. The van der Waals surface area contributed by atoms with Crippen molar-refractivity contribution in [1.82, 2.24) is 9.88 Å². The molecule has 2 aromatic rings. The summed E-state index contributed by atoms with van der Waals surface area (Å²) in [6, 6.07) is 13.4. The Morgan fingerprint density at radius 1 is 1.04 bits per heavy atom. The highest BCUT2D eigenvalue weighted by Crippen LogP contribution is 2.23. The number of anilines is 1. The lowest BCUT2D eigenvalue weighted by Crippen LogP contribution is -2.48. The summed E-state index contributed by atoms with van der Waals surface area (Å²) in [5, 5.41) is 10.4. The predicted octanol–water partition coefficient (Wildman–Crippen LogP) is 1.83. The topological polar surface area (TPSA) is 56.7 Å². The van der Waals surface area contributed by atoms with Gasteiger partial charge in [0.15, 0.2) is 0 Å². The fourth-order valence-corrected chi connectivity index (χ4v) is 2.82. The van der Waals surface area contributed by atoms with E-state index in [1.165, 1.54) is 0 Å². The number of rotatable bonds is 3. The van der Waals surface area contributed by atoms with Crippen LogP contribution < -0.4 is 4.90 Å². The predicted molar refractivity (Wildman–Crippen MR) is 89.2 cm³/mol. The first-order valence-corrected chi connectivity index (χ1v) is 7.84. The SMILES string of the molecule is CC(=O)N1CCN(c2ccc(C(O)c3ccccc3)cn2)CC1. The molecule has 1 unspecified atom stereocenters. The zero-order chi connectivity index (χ0) is 16.2. The van der Waals surface area contributed by atoms with E-state index in [9.17, 15) is 9.90 Å². The van der Waals surface area contributed by atoms with E-state index in [1.807, 2.05) is 47.4 Å². The van der Waals surface area contributed by atoms with Gasteiger partial charge in [-0.1, -0.05) is 36.4 Å². The first-order valence-electron chi connectivity index (χ1n) is 7.84. The Labute approximate surface area is 136 Å². The van der Waals surface area contributed by atoms with Gasteiger partial charge in [0.25, 0.3) is 0 Å². The van der Waals surface area contributed by atoms with Gasteiger partial charge in [-0.15, -0.1) is 0 Å². The molecule has 0 aliphatic carbocycles. The maximum Gasteiger partial charge on any atom is 0.219 e. The zero-order valence-electron chi connectivity index (χ0n) is 13.2. The van der Waals surface area contributed by atoms with E-state index in [4.69, 9.17) is 0 Å². The number of aromatic nitrogens is 1. The molecule has 0 spiro atoms. The van der Waals surface area contributed by atoms with Gasteiger partial charge in [0.2, 0.25) is 5.91 Å². The Morgan fingerprint density at radius 3 is 2.30 bits per heavy atom. The lowest BCUT2D eigenvalue weighted by atomic mass is 10.0. The minimum atomic E-state index is -0.660. The van der Waals surface area contributed by atoms with Crippen LogP contribution in [0.4, 0.5) is 5.82 Å². The van der Waals surface area contributed by atoms with Crippen molar-refractivity contribution in [2.45, 2.75) is 13.0 Å². The van der Waals surface area contributed by atoms with Gasteiger partial charge in [-0.25, -0.2) is 4.98 Å². The summed E-state index contributed by atoms with van der Waals surface area (Å²) >= 11 is 0. The molecule has 1 aromatic carbocycles. The number of piperazine rings is 1. The summed E-state index contributed by atoms with van der Waals surface area (Å²) in [7, 11) is 0. The molecule has 5 nitrogen and oxygen atoms in total. The molecular weight excluding hydrogens is 290 g/mol. The highest BCUT2D eigenvalue weighted by atomic mass is 16.3. The quantitative estimate of drug-likeness (QED) is 0.939. The van der Waals surface area contributed by atoms with Crippen LogP contribution in [-0.2, 0) is 4.79 Å². The number of aliphatic hydroxyl groups is 1. The Hall–Kier alpha value is -2.40. The van der Waals surface area contributed by atoms with Gasteiger partial charge in [0.05, 0.1) is 0 Å². The van der Waals surface area contributed by atoms with E-state index in [1.54, 1.807) is 13.1 Å². The lowest BCUT2D eigenvalue weighted by molar-refractivity contribution is -0.129. The number of carbonyl (C=O) groups excluding carboxylic acids is 1. The smallest absolute Gasteiger partial charge is 0.219 e. The highest BCUT2D eigenvalue weighted by Gasteiger charge is 2.19. The van der Waals surface area contributed by atoms with Crippen molar-refractivity contribution in [2.75, 3.05) is 31.1 Å². The third-order valence-electron chi connectivity index (χ3n) is 4.25. The number of aliphatic hydroxyl groups excluding tert-OH is 1. The first-order chi connectivity index (χ1) is 11.1. The number of hydrogen-bond donors (Lipinski definition) is 1. The second-order valence-electron chi connectivity index (χ2n) is 5.76. The van der Waals surface area contributed by atoms with Crippen LogP contribution in [0.25, 0.3) is 0 Å². The molecule has 1 saturated heterocycles. The van der Waals surface area contributed by atoms with Crippen molar-refractivity contribution >= 4 is 11.7 Å². The van der Waals surface area contributed by atoms with E-state index in [0.29, 0.717) is 0 Å². The molecule has 1 atom stereocenters. The molecule has 1 aliphatic rings. The van der Waals surface area contributed by atoms with Gasteiger partial charge < -0.3 is 14.9 Å². The van der Waals surface area contributed by atoms with Crippen LogP contribution in [0.2, 0.25) is 0 Å².